The Morgan fingerprint density at radius 1 is 1.28 bits per heavy atom. The minimum atomic E-state index is -1.53. The molecule has 2 aliphatic rings. The SMILES string of the molecule is C[Si](C)(C)C12CC1C(=S)N(c1ccccc1)C2=O. The molecule has 1 aromatic carbocycles. The number of hydrogen-bond donors (Lipinski definition) is 0. The van der Waals surface area contributed by atoms with Crippen molar-refractivity contribution in [3.05, 3.63) is 30.3 Å². The minimum absolute atomic E-state index is 0.111. The Morgan fingerprint density at radius 3 is 2.39 bits per heavy atom. The molecule has 1 saturated heterocycles. The number of para-hydroxylation sites is 1. The van der Waals surface area contributed by atoms with Crippen LogP contribution in [0.3, 0.4) is 0 Å². The summed E-state index contributed by atoms with van der Waals surface area (Å²) in [5.41, 5.74) is 0.928. The lowest BCUT2D eigenvalue weighted by Crippen LogP contribution is -2.40. The molecule has 18 heavy (non-hydrogen) atoms. The van der Waals surface area contributed by atoms with Crippen molar-refractivity contribution >= 4 is 36.9 Å². The molecule has 0 aromatic heterocycles. The van der Waals surface area contributed by atoms with E-state index in [1.165, 1.54) is 0 Å². The number of fused-ring (bicyclic) bond motifs is 1. The first-order valence-corrected chi connectivity index (χ1v) is 10.2. The summed E-state index contributed by atoms with van der Waals surface area (Å²) in [5, 5.41) is -0.111. The molecule has 0 radical (unpaired) electrons. The maximum Gasteiger partial charge on any atom is 0.236 e. The van der Waals surface area contributed by atoms with Crippen LogP contribution in [0.4, 0.5) is 5.69 Å². The first kappa shape index (κ1) is 12.1. The largest absolute Gasteiger partial charge is 0.274 e. The monoisotopic (exact) mass is 275 g/mol. The fourth-order valence-electron chi connectivity index (χ4n) is 3.22. The smallest absolute Gasteiger partial charge is 0.236 e. The number of thiocarbonyl (C=S) groups is 1. The van der Waals surface area contributed by atoms with E-state index in [0.29, 0.717) is 5.92 Å². The van der Waals surface area contributed by atoms with Gasteiger partial charge in [-0.25, -0.2) is 0 Å². The molecule has 0 spiro atoms. The molecule has 1 saturated carbocycles. The third kappa shape index (κ3) is 1.33. The molecule has 2 atom stereocenters. The van der Waals surface area contributed by atoms with Gasteiger partial charge in [-0.15, -0.1) is 0 Å². The molecule has 1 heterocycles. The van der Waals surface area contributed by atoms with Crippen LogP contribution in [0.25, 0.3) is 0 Å². The van der Waals surface area contributed by atoms with Gasteiger partial charge in [-0.05, 0) is 18.6 Å². The van der Waals surface area contributed by atoms with Crippen LogP contribution in [0.1, 0.15) is 6.42 Å². The summed E-state index contributed by atoms with van der Waals surface area (Å²) < 4.78 is 0. The number of nitrogens with zero attached hydrogens (tertiary/aromatic N) is 1. The Kier molecular flexibility index (Phi) is 2.35. The van der Waals surface area contributed by atoms with Gasteiger partial charge in [0.15, 0.2) is 0 Å². The fourth-order valence-corrected chi connectivity index (χ4v) is 6.55. The average Bonchev–Trinajstić information content (AvgIpc) is 3.01. The van der Waals surface area contributed by atoms with Crippen LogP contribution in [-0.4, -0.2) is 19.0 Å². The van der Waals surface area contributed by atoms with Gasteiger partial charge in [-0.1, -0.05) is 50.1 Å². The quantitative estimate of drug-likeness (QED) is 0.608. The first-order chi connectivity index (χ1) is 8.39. The Hall–Kier alpha value is -1.00. The Labute approximate surface area is 114 Å². The summed E-state index contributed by atoms with van der Waals surface area (Å²) in [5.74, 6) is 0.578. The van der Waals surface area contributed by atoms with Crippen LogP contribution in [0.2, 0.25) is 24.7 Å². The summed E-state index contributed by atoms with van der Waals surface area (Å²) in [7, 11) is -1.53. The van der Waals surface area contributed by atoms with Crippen LogP contribution < -0.4 is 4.90 Å². The second-order valence-electron chi connectivity index (χ2n) is 6.29. The van der Waals surface area contributed by atoms with Crippen molar-refractivity contribution in [2.24, 2.45) is 5.92 Å². The van der Waals surface area contributed by atoms with E-state index in [4.69, 9.17) is 12.2 Å². The van der Waals surface area contributed by atoms with Gasteiger partial charge in [0.1, 0.15) is 0 Å². The lowest BCUT2D eigenvalue weighted by atomic mass is 10.3. The van der Waals surface area contributed by atoms with E-state index < -0.39 is 8.07 Å². The maximum absolute atomic E-state index is 12.8. The minimum Gasteiger partial charge on any atom is -0.274 e. The first-order valence-electron chi connectivity index (χ1n) is 6.33. The number of piperidine rings is 1. The Morgan fingerprint density at radius 2 is 1.89 bits per heavy atom. The second-order valence-corrected chi connectivity index (χ2v) is 12.1. The van der Waals surface area contributed by atoms with Crippen molar-refractivity contribution in [3.8, 4) is 0 Å². The summed E-state index contributed by atoms with van der Waals surface area (Å²) in [6.07, 6.45) is 0.990. The highest BCUT2D eigenvalue weighted by Crippen LogP contribution is 2.71. The average molecular weight is 275 g/mol. The highest BCUT2D eigenvalue weighted by molar-refractivity contribution is 7.80. The second kappa shape index (κ2) is 3.51. The zero-order valence-electron chi connectivity index (χ0n) is 10.9. The molecule has 1 aliphatic carbocycles. The zero-order valence-corrected chi connectivity index (χ0v) is 12.8. The molecule has 2 unspecified atom stereocenters. The van der Waals surface area contributed by atoms with E-state index in [0.717, 1.165) is 17.1 Å². The molecule has 0 bridgehead atoms. The van der Waals surface area contributed by atoms with Gasteiger partial charge in [0.05, 0.1) is 18.1 Å². The van der Waals surface area contributed by atoms with E-state index in [-0.39, 0.29) is 10.9 Å². The van der Waals surface area contributed by atoms with Gasteiger partial charge >= 0.3 is 0 Å². The van der Waals surface area contributed by atoms with Crippen LogP contribution in [0.15, 0.2) is 30.3 Å². The number of benzene rings is 1. The number of carbonyl (C=O) groups is 1. The standard InChI is InChI=1S/C14H17NOSSi/c1-18(2,3)14-9-11(14)12(17)15(13(14)16)10-7-5-4-6-8-10/h4-8,11H,9H2,1-3H3. The summed E-state index contributed by atoms with van der Waals surface area (Å²) in [6.45, 7) is 6.84. The Balaban J connectivity index is 2.03. The van der Waals surface area contributed by atoms with Gasteiger partial charge in [0.25, 0.3) is 0 Å². The predicted molar refractivity (Wildman–Crippen MR) is 80.7 cm³/mol. The number of amides is 1. The molecule has 2 nitrogen and oxygen atoms in total. The van der Waals surface area contributed by atoms with Crippen molar-refractivity contribution in [1.29, 1.82) is 0 Å². The molecule has 2 fully saturated rings. The molecule has 1 aliphatic heterocycles. The van der Waals surface area contributed by atoms with Crippen molar-refractivity contribution in [1.82, 2.24) is 0 Å². The third-order valence-corrected chi connectivity index (χ3v) is 8.33. The van der Waals surface area contributed by atoms with E-state index in [1.807, 2.05) is 30.3 Å². The van der Waals surface area contributed by atoms with Crippen molar-refractivity contribution < 1.29 is 4.79 Å². The highest BCUT2D eigenvalue weighted by Gasteiger charge is 2.74. The molecule has 94 valence electrons. The topological polar surface area (TPSA) is 20.3 Å². The third-order valence-electron chi connectivity index (χ3n) is 4.42. The Bertz CT molecular complexity index is 536. The van der Waals surface area contributed by atoms with Crippen LogP contribution in [0.5, 0.6) is 0 Å². The fraction of sp³-hybridized carbons (Fsp3) is 0.429. The number of hydrogen-bond acceptors (Lipinski definition) is 2. The van der Waals surface area contributed by atoms with Gasteiger partial charge in [-0.2, -0.15) is 0 Å². The number of carbonyl (C=O) groups excluding carboxylic acids is 1. The van der Waals surface area contributed by atoms with E-state index in [1.54, 1.807) is 4.90 Å². The van der Waals surface area contributed by atoms with Crippen molar-refractivity contribution in [2.75, 3.05) is 4.90 Å². The maximum atomic E-state index is 12.8. The van der Waals surface area contributed by atoms with Crippen molar-refractivity contribution in [3.63, 3.8) is 0 Å². The lowest BCUT2D eigenvalue weighted by Gasteiger charge is -2.28. The summed E-state index contributed by atoms with van der Waals surface area (Å²) >= 11 is 5.53. The zero-order chi connectivity index (χ0) is 13.1. The molecule has 0 N–H and O–H groups in total. The number of anilines is 1. The van der Waals surface area contributed by atoms with Crippen LogP contribution in [0, 0.1) is 5.92 Å². The molecule has 4 heteroatoms. The molecule has 1 aromatic rings. The lowest BCUT2D eigenvalue weighted by molar-refractivity contribution is -0.118. The molecular formula is C14H17NOSSi. The highest BCUT2D eigenvalue weighted by atomic mass is 32.1. The predicted octanol–water partition coefficient (Wildman–Crippen LogP) is 3.46. The van der Waals surface area contributed by atoms with E-state index in [2.05, 4.69) is 19.6 Å². The molecule has 1 amide bonds. The van der Waals surface area contributed by atoms with E-state index in [9.17, 15) is 4.79 Å². The summed E-state index contributed by atoms with van der Waals surface area (Å²) in [6, 6.07) is 9.80. The summed E-state index contributed by atoms with van der Waals surface area (Å²) in [4.78, 5) is 15.4. The van der Waals surface area contributed by atoms with Gasteiger partial charge in [0, 0.05) is 11.6 Å². The molecule has 3 rings (SSSR count). The van der Waals surface area contributed by atoms with Crippen LogP contribution >= 0.6 is 12.2 Å². The van der Waals surface area contributed by atoms with Crippen LogP contribution in [-0.2, 0) is 4.79 Å². The molecular weight excluding hydrogens is 258 g/mol. The normalized spacial score (nSPS) is 30.6. The van der Waals surface area contributed by atoms with Crippen molar-refractivity contribution in [2.45, 2.75) is 31.1 Å². The van der Waals surface area contributed by atoms with Gasteiger partial charge in [0.2, 0.25) is 5.91 Å². The van der Waals surface area contributed by atoms with Gasteiger partial charge in [-0.3, -0.25) is 9.69 Å². The van der Waals surface area contributed by atoms with Gasteiger partial charge < -0.3 is 0 Å². The van der Waals surface area contributed by atoms with E-state index >= 15 is 0 Å². The number of rotatable bonds is 2.